The summed E-state index contributed by atoms with van der Waals surface area (Å²) in [6, 6.07) is 8.92. The van der Waals surface area contributed by atoms with E-state index in [0.29, 0.717) is 47.3 Å². The van der Waals surface area contributed by atoms with Gasteiger partial charge in [0.15, 0.2) is 10.8 Å². The lowest BCUT2D eigenvalue weighted by Crippen LogP contribution is -2.33. The first-order valence-electron chi connectivity index (χ1n) is 10.3. The van der Waals surface area contributed by atoms with Gasteiger partial charge in [0, 0.05) is 12.0 Å². The van der Waals surface area contributed by atoms with Crippen molar-refractivity contribution in [1.82, 2.24) is 14.5 Å². The third kappa shape index (κ3) is 4.49. The Bertz CT molecular complexity index is 1220. The molecule has 3 heterocycles. The first-order valence-corrected chi connectivity index (χ1v) is 11.3. The van der Waals surface area contributed by atoms with Gasteiger partial charge < -0.3 is 14.2 Å². The molecule has 168 valence electrons. The number of carbonyl (C=O) groups excluding carboxylic acids is 1. The van der Waals surface area contributed by atoms with E-state index in [9.17, 15) is 9.59 Å². The van der Waals surface area contributed by atoms with Crippen LogP contribution in [0, 0.1) is 0 Å². The summed E-state index contributed by atoms with van der Waals surface area (Å²) in [6.07, 6.45) is 0.632. The predicted molar refractivity (Wildman–Crippen MR) is 122 cm³/mol. The quantitative estimate of drug-likeness (QED) is 0.318. The Hall–Kier alpha value is -2.91. The predicted octanol–water partition coefficient (Wildman–Crippen LogP) is 3.30. The molecule has 0 aliphatic carbocycles. The Morgan fingerprint density at radius 1 is 1.25 bits per heavy atom. The molecule has 1 aliphatic heterocycles. The van der Waals surface area contributed by atoms with Crippen molar-refractivity contribution >= 4 is 28.8 Å². The zero-order valence-electron chi connectivity index (χ0n) is 18.5. The van der Waals surface area contributed by atoms with Crippen molar-refractivity contribution in [1.29, 1.82) is 0 Å². The third-order valence-electron chi connectivity index (χ3n) is 5.16. The number of rotatable bonds is 6. The number of hydrogen-bond donors (Lipinski definition) is 0. The minimum Gasteiger partial charge on any atom is -0.497 e. The number of nitrogens with zero attached hydrogens (tertiary/aromatic N) is 3. The fourth-order valence-corrected chi connectivity index (χ4v) is 4.36. The van der Waals surface area contributed by atoms with Crippen LogP contribution in [0.3, 0.4) is 0 Å². The van der Waals surface area contributed by atoms with Crippen LogP contribution in [0.5, 0.6) is 5.75 Å². The lowest BCUT2D eigenvalue weighted by molar-refractivity contribution is -0.139. The highest BCUT2D eigenvalue weighted by Gasteiger charge is 2.28. The Morgan fingerprint density at radius 2 is 2.00 bits per heavy atom. The highest BCUT2D eigenvalue weighted by atomic mass is 32.2. The molecular weight excluding hydrogens is 430 g/mol. The molecule has 0 spiro atoms. The van der Waals surface area contributed by atoms with Gasteiger partial charge in [0.1, 0.15) is 5.75 Å². The molecule has 0 bridgehead atoms. The Balaban J connectivity index is 1.86. The molecule has 0 unspecified atom stereocenters. The highest BCUT2D eigenvalue weighted by molar-refractivity contribution is 7.99. The minimum atomic E-state index is -0.370. The zero-order valence-corrected chi connectivity index (χ0v) is 19.3. The van der Waals surface area contributed by atoms with Crippen molar-refractivity contribution in [3.8, 4) is 11.4 Å². The van der Waals surface area contributed by atoms with Crippen LogP contribution in [0.1, 0.15) is 32.0 Å². The zero-order chi connectivity index (χ0) is 22.9. The van der Waals surface area contributed by atoms with Gasteiger partial charge in [0.25, 0.3) is 5.56 Å². The molecule has 4 rings (SSSR count). The number of fused-ring (bicyclic) bond motifs is 2. The second-order valence-electron chi connectivity index (χ2n) is 8.02. The number of pyridine rings is 1. The SMILES string of the molecule is CCOC(=O)CSc1nc2nc3c(cc2c(=O)n1-c1ccc(OC)cc1)COC(C)(C)C3. The maximum Gasteiger partial charge on any atom is 0.316 e. The molecule has 0 atom stereocenters. The Morgan fingerprint density at radius 3 is 2.69 bits per heavy atom. The van der Waals surface area contributed by atoms with Crippen LogP contribution in [0.2, 0.25) is 0 Å². The smallest absolute Gasteiger partial charge is 0.316 e. The van der Waals surface area contributed by atoms with Crippen LogP contribution in [-0.4, -0.2) is 45.6 Å². The van der Waals surface area contributed by atoms with Crippen molar-refractivity contribution in [2.75, 3.05) is 19.5 Å². The van der Waals surface area contributed by atoms with Crippen molar-refractivity contribution in [3.05, 3.63) is 51.9 Å². The number of ether oxygens (including phenoxy) is 3. The largest absolute Gasteiger partial charge is 0.497 e. The van der Waals surface area contributed by atoms with E-state index in [0.717, 1.165) is 23.0 Å². The molecule has 0 amide bonds. The van der Waals surface area contributed by atoms with E-state index < -0.39 is 0 Å². The number of esters is 1. The van der Waals surface area contributed by atoms with E-state index in [1.807, 2.05) is 19.9 Å². The molecule has 9 heteroatoms. The molecule has 2 aromatic heterocycles. The van der Waals surface area contributed by atoms with Crippen LogP contribution >= 0.6 is 11.8 Å². The highest BCUT2D eigenvalue weighted by Crippen LogP contribution is 2.29. The monoisotopic (exact) mass is 455 g/mol. The molecule has 1 aromatic carbocycles. The minimum absolute atomic E-state index is 0.0355. The average molecular weight is 456 g/mol. The molecule has 3 aromatic rings. The van der Waals surface area contributed by atoms with Crippen LogP contribution < -0.4 is 10.3 Å². The van der Waals surface area contributed by atoms with Crippen molar-refractivity contribution in [3.63, 3.8) is 0 Å². The number of methoxy groups -OCH3 is 1. The number of thioether (sulfide) groups is 1. The summed E-state index contributed by atoms with van der Waals surface area (Å²) in [7, 11) is 1.58. The molecule has 0 fully saturated rings. The lowest BCUT2D eigenvalue weighted by atomic mass is 9.95. The topological polar surface area (TPSA) is 92.5 Å². The van der Waals surface area contributed by atoms with Crippen LogP contribution in [0.15, 0.2) is 40.3 Å². The van der Waals surface area contributed by atoms with Gasteiger partial charge in [-0.25, -0.2) is 9.97 Å². The molecule has 0 saturated heterocycles. The van der Waals surface area contributed by atoms with Gasteiger partial charge in [-0.3, -0.25) is 14.2 Å². The number of hydrogen-bond acceptors (Lipinski definition) is 8. The van der Waals surface area contributed by atoms with Crippen molar-refractivity contribution in [2.24, 2.45) is 0 Å². The Labute approximate surface area is 189 Å². The number of aromatic nitrogens is 3. The first kappa shape index (κ1) is 22.3. The van der Waals surface area contributed by atoms with Crippen molar-refractivity contribution < 1.29 is 19.0 Å². The van der Waals surface area contributed by atoms with Crippen LogP contribution in [0.25, 0.3) is 16.7 Å². The maximum absolute atomic E-state index is 13.6. The molecule has 0 N–H and O–H groups in total. The number of carbonyl (C=O) groups is 1. The van der Waals surface area contributed by atoms with Crippen LogP contribution in [-0.2, 0) is 27.3 Å². The molecular formula is C23H25N3O5S. The summed E-state index contributed by atoms with van der Waals surface area (Å²) in [5.74, 6) is 0.338. The number of benzene rings is 1. The fraction of sp³-hybridized carbons (Fsp3) is 0.391. The van der Waals surface area contributed by atoms with E-state index in [2.05, 4.69) is 4.98 Å². The first-order chi connectivity index (χ1) is 15.3. The van der Waals surface area contributed by atoms with Gasteiger partial charge in [-0.2, -0.15) is 0 Å². The molecule has 8 nitrogen and oxygen atoms in total. The van der Waals surface area contributed by atoms with E-state index in [1.54, 1.807) is 38.3 Å². The summed E-state index contributed by atoms with van der Waals surface area (Å²) in [6.45, 7) is 6.46. The van der Waals surface area contributed by atoms with Crippen molar-refractivity contribution in [2.45, 2.75) is 44.6 Å². The van der Waals surface area contributed by atoms with E-state index in [4.69, 9.17) is 19.2 Å². The maximum atomic E-state index is 13.6. The van der Waals surface area contributed by atoms with E-state index in [-0.39, 0.29) is 22.9 Å². The van der Waals surface area contributed by atoms with Gasteiger partial charge in [0.2, 0.25) is 0 Å². The standard InChI is InChI=1S/C23H25N3O5S/c1-5-30-19(27)13-32-22-25-20-17(10-14-12-31-23(2,3)11-18(14)24-20)21(28)26(22)15-6-8-16(29-4)9-7-15/h6-10H,5,11-13H2,1-4H3. The second kappa shape index (κ2) is 8.91. The molecule has 0 radical (unpaired) electrons. The van der Waals surface area contributed by atoms with E-state index >= 15 is 0 Å². The average Bonchev–Trinajstić information content (AvgIpc) is 2.76. The summed E-state index contributed by atoms with van der Waals surface area (Å²) >= 11 is 1.15. The summed E-state index contributed by atoms with van der Waals surface area (Å²) in [4.78, 5) is 34.9. The second-order valence-corrected chi connectivity index (χ2v) is 8.96. The van der Waals surface area contributed by atoms with Gasteiger partial charge in [0.05, 0.1) is 48.4 Å². The summed E-state index contributed by atoms with van der Waals surface area (Å²) in [5, 5.41) is 0.780. The van der Waals surface area contributed by atoms with Gasteiger partial charge >= 0.3 is 5.97 Å². The summed E-state index contributed by atoms with van der Waals surface area (Å²) < 4.78 is 17.6. The van der Waals surface area contributed by atoms with Gasteiger partial charge in [-0.15, -0.1) is 0 Å². The molecule has 1 aliphatic rings. The lowest BCUT2D eigenvalue weighted by Gasteiger charge is -2.31. The summed E-state index contributed by atoms with van der Waals surface area (Å²) in [5.41, 5.74) is 2.17. The van der Waals surface area contributed by atoms with Gasteiger partial charge in [-0.1, -0.05) is 11.8 Å². The van der Waals surface area contributed by atoms with E-state index in [1.165, 1.54) is 4.57 Å². The molecule has 0 saturated carbocycles. The normalized spacial score (nSPS) is 14.8. The molecule has 32 heavy (non-hydrogen) atoms. The van der Waals surface area contributed by atoms with Crippen LogP contribution in [0.4, 0.5) is 0 Å². The fourth-order valence-electron chi connectivity index (χ4n) is 3.56. The van der Waals surface area contributed by atoms with Gasteiger partial charge in [-0.05, 0) is 51.1 Å². The Kier molecular flexibility index (Phi) is 6.21. The third-order valence-corrected chi connectivity index (χ3v) is 6.08.